The van der Waals surface area contributed by atoms with Gasteiger partial charge >= 0.3 is 5.97 Å². The number of esters is 1. The van der Waals surface area contributed by atoms with E-state index in [4.69, 9.17) is 14.2 Å². The van der Waals surface area contributed by atoms with E-state index in [1.54, 1.807) is 0 Å². The van der Waals surface area contributed by atoms with Crippen LogP contribution < -0.4 is 4.74 Å². The molecule has 1 saturated heterocycles. The highest BCUT2D eigenvalue weighted by atomic mass is 16.6. The summed E-state index contributed by atoms with van der Waals surface area (Å²) in [4.78, 5) is 14.8. The van der Waals surface area contributed by atoms with Crippen LogP contribution in [0.5, 0.6) is 5.75 Å². The molecular weight excluding hydrogens is 474 g/mol. The van der Waals surface area contributed by atoms with Crippen molar-refractivity contribution in [3.8, 4) is 5.75 Å². The van der Waals surface area contributed by atoms with Crippen LogP contribution >= 0.6 is 0 Å². The molecule has 200 valence electrons. The lowest BCUT2D eigenvalue weighted by Crippen LogP contribution is -2.34. The summed E-state index contributed by atoms with van der Waals surface area (Å²) in [5.74, 6) is 0.859. The van der Waals surface area contributed by atoms with Crippen molar-refractivity contribution in [2.24, 2.45) is 0 Å². The zero-order valence-electron chi connectivity index (χ0n) is 22.2. The molecule has 0 spiro atoms. The summed E-state index contributed by atoms with van der Waals surface area (Å²) in [6.07, 6.45) is 7.06. The fourth-order valence-electron chi connectivity index (χ4n) is 5.76. The van der Waals surface area contributed by atoms with E-state index in [-0.39, 0.29) is 19.2 Å². The number of hydrogen-bond donors (Lipinski definition) is 0. The van der Waals surface area contributed by atoms with E-state index >= 15 is 0 Å². The first-order chi connectivity index (χ1) is 18.7. The molecule has 1 heterocycles. The molecule has 2 aliphatic rings. The maximum Gasteiger partial charge on any atom is 0.344 e. The second-order valence-electron chi connectivity index (χ2n) is 10.5. The predicted octanol–water partition coefficient (Wildman–Crippen LogP) is 6.52. The maximum absolute atomic E-state index is 12.3. The SMILES string of the molecule is O=C(COc1ccccc1C1CCC(OCC2CCCN2Cc2ccccc2)CC1)OCc1ccccc1. The summed E-state index contributed by atoms with van der Waals surface area (Å²) < 4.78 is 17.8. The molecule has 1 aliphatic heterocycles. The number of rotatable bonds is 11. The van der Waals surface area contributed by atoms with Crippen LogP contribution in [0.3, 0.4) is 0 Å². The molecule has 3 aromatic rings. The van der Waals surface area contributed by atoms with Crippen molar-refractivity contribution in [2.75, 3.05) is 19.8 Å². The van der Waals surface area contributed by atoms with Gasteiger partial charge in [0.25, 0.3) is 0 Å². The minimum atomic E-state index is -0.353. The Morgan fingerprint density at radius 2 is 1.47 bits per heavy atom. The van der Waals surface area contributed by atoms with Crippen LogP contribution in [0.4, 0.5) is 0 Å². The van der Waals surface area contributed by atoms with Crippen LogP contribution in [0.1, 0.15) is 61.1 Å². The minimum Gasteiger partial charge on any atom is -0.482 e. The van der Waals surface area contributed by atoms with Crippen molar-refractivity contribution < 1.29 is 19.0 Å². The lowest BCUT2D eigenvalue weighted by molar-refractivity contribution is -0.147. The monoisotopic (exact) mass is 513 g/mol. The Morgan fingerprint density at radius 1 is 0.789 bits per heavy atom. The normalized spacial score (nSPS) is 21.7. The Bertz CT molecular complexity index is 1130. The lowest BCUT2D eigenvalue weighted by atomic mass is 9.82. The largest absolute Gasteiger partial charge is 0.482 e. The lowest BCUT2D eigenvalue weighted by Gasteiger charge is -2.32. The molecule has 1 aliphatic carbocycles. The predicted molar refractivity (Wildman–Crippen MR) is 149 cm³/mol. The third-order valence-electron chi connectivity index (χ3n) is 7.87. The number of benzene rings is 3. The van der Waals surface area contributed by atoms with Gasteiger partial charge in [-0.2, -0.15) is 0 Å². The van der Waals surface area contributed by atoms with Gasteiger partial charge in [-0.3, -0.25) is 4.90 Å². The number of carbonyl (C=O) groups excluding carboxylic acids is 1. The summed E-state index contributed by atoms with van der Waals surface area (Å²) in [5.41, 5.74) is 3.54. The van der Waals surface area contributed by atoms with E-state index in [1.807, 2.05) is 42.5 Å². The van der Waals surface area contributed by atoms with Crippen molar-refractivity contribution in [1.82, 2.24) is 4.90 Å². The molecule has 1 saturated carbocycles. The third kappa shape index (κ3) is 7.46. The number of para-hydroxylation sites is 1. The summed E-state index contributed by atoms with van der Waals surface area (Å²) in [6.45, 7) is 3.18. The molecule has 5 rings (SSSR count). The molecule has 5 nitrogen and oxygen atoms in total. The highest BCUT2D eigenvalue weighted by Gasteiger charge is 2.29. The van der Waals surface area contributed by atoms with Gasteiger partial charge in [0, 0.05) is 12.6 Å². The molecule has 0 N–H and O–H groups in total. The van der Waals surface area contributed by atoms with E-state index in [2.05, 4.69) is 47.4 Å². The number of likely N-dealkylation sites (tertiary alicyclic amines) is 1. The average molecular weight is 514 g/mol. The summed E-state index contributed by atoms with van der Waals surface area (Å²) in [5, 5.41) is 0. The molecule has 0 bridgehead atoms. The minimum absolute atomic E-state index is 0.0802. The Balaban J connectivity index is 1.06. The fraction of sp³-hybridized carbons (Fsp3) is 0.424. The smallest absolute Gasteiger partial charge is 0.344 e. The summed E-state index contributed by atoms with van der Waals surface area (Å²) in [6, 6.07) is 29.1. The first-order valence-electron chi connectivity index (χ1n) is 14.1. The zero-order chi connectivity index (χ0) is 26.0. The van der Waals surface area contributed by atoms with Gasteiger partial charge < -0.3 is 14.2 Å². The second kappa shape index (κ2) is 13.6. The average Bonchev–Trinajstić information content (AvgIpc) is 3.42. The van der Waals surface area contributed by atoms with Gasteiger partial charge in [-0.25, -0.2) is 4.79 Å². The van der Waals surface area contributed by atoms with Crippen molar-refractivity contribution in [1.29, 1.82) is 0 Å². The molecule has 0 radical (unpaired) electrons. The van der Waals surface area contributed by atoms with Crippen LogP contribution in [0.2, 0.25) is 0 Å². The quantitative estimate of drug-likeness (QED) is 0.273. The Labute approximate surface area is 226 Å². The maximum atomic E-state index is 12.3. The fourth-order valence-corrected chi connectivity index (χ4v) is 5.76. The van der Waals surface area contributed by atoms with Gasteiger partial charge in [0.1, 0.15) is 12.4 Å². The molecule has 2 fully saturated rings. The Hall–Kier alpha value is -3.15. The van der Waals surface area contributed by atoms with Crippen LogP contribution in [-0.4, -0.2) is 42.8 Å². The molecule has 3 aromatic carbocycles. The summed E-state index contributed by atoms with van der Waals surface area (Å²) in [7, 11) is 0. The first-order valence-corrected chi connectivity index (χ1v) is 14.1. The van der Waals surface area contributed by atoms with Gasteiger partial charge in [-0.15, -0.1) is 0 Å². The van der Waals surface area contributed by atoms with Gasteiger partial charge in [-0.1, -0.05) is 78.9 Å². The van der Waals surface area contributed by atoms with Gasteiger partial charge in [0.05, 0.1) is 12.7 Å². The van der Waals surface area contributed by atoms with Crippen molar-refractivity contribution >= 4 is 5.97 Å². The van der Waals surface area contributed by atoms with Gasteiger partial charge in [0.2, 0.25) is 0 Å². The van der Waals surface area contributed by atoms with E-state index in [0.717, 1.165) is 56.7 Å². The number of nitrogens with zero attached hydrogens (tertiary/aromatic N) is 1. The van der Waals surface area contributed by atoms with E-state index in [9.17, 15) is 4.79 Å². The van der Waals surface area contributed by atoms with Crippen LogP contribution in [-0.2, 0) is 27.4 Å². The standard InChI is InChI=1S/C33H39NO4/c35-33(38-23-27-12-5-2-6-13-27)25-37-32-16-8-7-15-31(32)28-17-19-30(20-18-28)36-24-29-14-9-21-34(29)22-26-10-3-1-4-11-26/h1-8,10-13,15-16,28-30H,9,14,17-25H2. The van der Waals surface area contributed by atoms with Gasteiger partial charge in [-0.05, 0) is 73.7 Å². The van der Waals surface area contributed by atoms with Crippen LogP contribution in [0.25, 0.3) is 0 Å². The number of carbonyl (C=O) groups is 1. The molecular formula is C33H39NO4. The van der Waals surface area contributed by atoms with E-state index in [1.165, 1.54) is 24.0 Å². The van der Waals surface area contributed by atoms with Crippen molar-refractivity contribution in [3.05, 3.63) is 102 Å². The second-order valence-corrected chi connectivity index (χ2v) is 10.5. The van der Waals surface area contributed by atoms with Crippen molar-refractivity contribution in [2.45, 2.75) is 69.7 Å². The Morgan fingerprint density at radius 3 is 2.24 bits per heavy atom. The number of ether oxygens (including phenoxy) is 3. The third-order valence-corrected chi connectivity index (χ3v) is 7.87. The van der Waals surface area contributed by atoms with E-state index < -0.39 is 0 Å². The summed E-state index contributed by atoms with van der Waals surface area (Å²) >= 11 is 0. The highest BCUT2D eigenvalue weighted by Crippen LogP contribution is 2.38. The molecule has 0 aromatic heterocycles. The molecule has 5 heteroatoms. The zero-order valence-corrected chi connectivity index (χ0v) is 22.2. The number of hydrogen-bond acceptors (Lipinski definition) is 5. The molecule has 0 amide bonds. The topological polar surface area (TPSA) is 48.0 Å². The van der Waals surface area contributed by atoms with Crippen LogP contribution in [0, 0.1) is 0 Å². The van der Waals surface area contributed by atoms with Gasteiger partial charge in [0.15, 0.2) is 6.61 Å². The molecule has 1 unspecified atom stereocenters. The first kappa shape index (κ1) is 26.5. The van der Waals surface area contributed by atoms with Crippen molar-refractivity contribution in [3.63, 3.8) is 0 Å². The van der Waals surface area contributed by atoms with E-state index in [0.29, 0.717) is 18.1 Å². The highest BCUT2D eigenvalue weighted by molar-refractivity contribution is 5.71. The molecule has 38 heavy (non-hydrogen) atoms. The molecule has 1 atom stereocenters. The Kier molecular flexibility index (Phi) is 9.46. The van der Waals surface area contributed by atoms with Crippen LogP contribution in [0.15, 0.2) is 84.9 Å².